The van der Waals surface area contributed by atoms with Crippen LogP contribution < -0.4 is 11.1 Å². The molecule has 3 N–H and O–H groups in total. The summed E-state index contributed by atoms with van der Waals surface area (Å²) in [4.78, 5) is 35.3. The summed E-state index contributed by atoms with van der Waals surface area (Å²) in [7, 11) is 0. The zero-order valence-corrected chi connectivity index (χ0v) is 15.4. The molecule has 2 aromatic rings. The number of nitrogens with zero attached hydrogens (tertiary/aromatic N) is 3. The van der Waals surface area contributed by atoms with E-state index in [4.69, 9.17) is 5.73 Å². The van der Waals surface area contributed by atoms with Gasteiger partial charge in [-0.1, -0.05) is 0 Å². The van der Waals surface area contributed by atoms with Crippen molar-refractivity contribution >= 4 is 49.9 Å². The molecule has 3 rings (SSSR count). The predicted molar refractivity (Wildman–Crippen MR) is 94.7 cm³/mol. The number of hydrogen-bond acceptors (Lipinski definition) is 6. The number of rotatable bonds is 5. The van der Waals surface area contributed by atoms with Crippen LogP contribution in [-0.4, -0.2) is 26.5 Å². The molecule has 0 bridgehead atoms. The maximum Gasteiger partial charge on any atom is 0.404 e. The Hall–Kier alpha value is -2.27. The lowest BCUT2D eigenvalue weighted by atomic mass is 9.95. The van der Waals surface area contributed by atoms with E-state index >= 15 is 0 Å². The topological polar surface area (TPSA) is 133 Å². The standard InChI is InChI=1S/C14H14BrN5O4S/c15-8-5-19(18-13(8)20(23)24)6-10(21)17-14-11(12(16)22)7-3-1-2-4-9(7)25-14/h5H,1-4,6H2,(H2,16,22)(H,17,21). The van der Waals surface area contributed by atoms with E-state index in [0.717, 1.165) is 40.8 Å². The Morgan fingerprint density at radius 2 is 2.16 bits per heavy atom. The Balaban J connectivity index is 1.79. The monoisotopic (exact) mass is 427 g/mol. The number of thiophene rings is 1. The number of fused-ring (bicyclic) bond motifs is 1. The highest BCUT2D eigenvalue weighted by Crippen LogP contribution is 2.37. The Kier molecular flexibility index (Phi) is 4.86. The maximum atomic E-state index is 12.3. The molecule has 0 unspecified atom stereocenters. The highest BCUT2D eigenvalue weighted by molar-refractivity contribution is 9.10. The molecular weight excluding hydrogens is 414 g/mol. The molecule has 0 aromatic carbocycles. The van der Waals surface area contributed by atoms with Crippen LogP contribution in [0, 0.1) is 10.1 Å². The molecule has 2 aromatic heterocycles. The number of amides is 2. The summed E-state index contributed by atoms with van der Waals surface area (Å²) >= 11 is 4.39. The van der Waals surface area contributed by atoms with E-state index in [1.807, 2.05) is 0 Å². The molecule has 0 atom stereocenters. The summed E-state index contributed by atoms with van der Waals surface area (Å²) in [6.45, 7) is -0.215. The summed E-state index contributed by atoms with van der Waals surface area (Å²) < 4.78 is 1.35. The van der Waals surface area contributed by atoms with Gasteiger partial charge in [-0.2, -0.15) is 4.68 Å². The molecule has 0 spiro atoms. The molecule has 2 heterocycles. The summed E-state index contributed by atoms with van der Waals surface area (Å²) in [6.07, 6.45) is 5.03. The molecule has 9 nitrogen and oxygen atoms in total. The van der Waals surface area contributed by atoms with Crippen LogP contribution >= 0.6 is 27.3 Å². The third-order valence-electron chi connectivity index (χ3n) is 3.85. The van der Waals surface area contributed by atoms with E-state index in [2.05, 4.69) is 26.3 Å². The van der Waals surface area contributed by atoms with Crippen LogP contribution in [0.4, 0.5) is 10.8 Å². The minimum atomic E-state index is -0.642. The van der Waals surface area contributed by atoms with Crippen LogP contribution in [-0.2, 0) is 24.2 Å². The van der Waals surface area contributed by atoms with E-state index in [0.29, 0.717) is 10.6 Å². The van der Waals surface area contributed by atoms with Gasteiger partial charge in [-0.15, -0.1) is 11.3 Å². The van der Waals surface area contributed by atoms with Crippen molar-refractivity contribution in [2.75, 3.05) is 5.32 Å². The van der Waals surface area contributed by atoms with Crippen molar-refractivity contribution in [1.29, 1.82) is 0 Å². The van der Waals surface area contributed by atoms with Crippen molar-refractivity contribution < 1.29 is 14.5 Å². The smallest absolute Gasteiger partial charge is 0.365 e. The summed E-state index contributed by atoms with van der Waals surface area (Å²) in [5, 5.41) is 17.7. The molecule has 0 aliphatic heterocycles. The molecule has 0 fully saturated rings. The second-order valence-electron chi connectivity index (χ2n) is 5.58. The molecule has 0 saturated carbocycles. The van der Waals surface area contributed by atoms with Gasteiger partial charge >= 0.3 is 5.82 Å². The van der Waals surface area contributed by atoms with Gasteiger partial charge in [0.15, 0.2) is 0 Å². The second-order valence-corrected chi connectivity index (χ2v) is 7.54. The number of hydrogen-bond donors (Lipinski definition) is 2. The summed E-state index contributed by atoms with van der Waals surface area (Å²) in [6, 6.07) is 0. The van der Waals surface area contributed by atoms with Gasteiger partial charge in [-0.3, -0.25) is 9.59 Å². The Morgan fingerprint density at radius 3 is 2.80 bits per heavy atom. The van der Waals surface area contributed by atoms with Gasteiger partial charge < -0.3 is 21.2 Å². The number of primary amides is 1. The van der Waals surface area contributed by atoms with E-state index in [-0.39, 0.29) is 16.8 Å². The predicted octanol–water partition coefficient (Wildman–Crippen LogP) is 2.23. The van der Waals surface area contributed by atoms with E-state index in [1.165, 1.54) is 17.5 Å². The van der Waals surface area contributed by atoms with Gasteiger partial charge in [0, 0.05) is 4.88 Å². The molecule has 1 aliphatic carbocycles. The zero-order chi connectivity index (χ0) is 18.1. The lowest BCUT2D eigenvalue weighted by Gasteiger charge is -2.11. The van der Waals surface area contributed by atoms with Crippen LogP contribution in [0.1, 0.15) is 33.6 Å². The normalized spacial score (nSPS) is 13.3. The van der Waals surface area contributed by atoms with E-state index < -0.39 is 16.7 Å². The first kappa shape index (κ1) is 17.5. The Bertz CT molecular complexity index is 875. The van der Waals surface area contributed by atoms with Gasteiger partial charge in [0.05, 0.1) is 16.9 Å². The van der Waals surface area contributed by atoms with Crippen LogP contribution in [0.25, 0.3) is 0 Å². The molecule has 132 valence electrons. The van der Waals surface area contributed by atoms with Crippen LogP contribution in [0.5, 0.6) is 0 Å². The van der Waals surface area contributed by atoms with Crippen LogP contribution in [0.3, 0.4) is 0 Å². The fourth-order valence-corrected chi connectivity index (χ4v) is 4.59. The molecular formula is C14H14BrN5O4S. The first-order chi connectivity index (χ1) is 11.9. The minimum absolute atomic E-state index is 0.190. The lowest BCUT2D eigenvalue weighted by Crippen LogP contribution is -2.21. The molecule has 1 aliphatic rings. The van der Waals surface area contributed by atoms with Crippen molar-refractivity contribution in [3.8, 4) is 0 Å². The number of nitro groups is 1. The zero-order valence-electron chi connectivity index (χ0n) is 13.0. The highest BCUT2D eigenvalue weighted by atomic mass is 79.9. The van der Waals surface area contributed by atoms with Crippen molar-refractivity contribution in [3.05, 3.63) is 36.8 Å². The average Bonchev–Trinajstić information content (AvgIpc) is 3.06. The number of carbonyl (C=O) groups excluding carboxylic acids is 2. The fourth-order valence-electron chi connectivity index (χ4n) is 2.82. The first-order valence-electron chi connectivity index (χ1n) is 7.48. The Labute approximate surface area is 154 Å². The number of nitrogens with one attached hydrogen (secondary N) is 1. The van der Waals surface area contributed by atoms with E-state index in [9.17, 15) is 19.7 Å². The Morgan fingerprint density at radius 1 is 1.44 bits per heavy atom. The summed E-state index contributed by atoms with van der Waals surface area (Å²) in [5.41, 5.74) is 6.79. The maximum absolute atomic E-state index is 12.3. The lowest BCUT2D eigenvalue weighted by molar-refractivity contribution is -0.390. The molecule has 2 amide bonds. The number of aromatic nitrogens is 2. The summed E-state index contributed by atoms with van der Waals surface area (Å²) in [5.74, 6) is -1.37. The largest absolute Gasteiger partial charge is 0.404 e. The molecule has 0 saturated heterocycles. The molecule has 0 radical (unpaired) electrons. The van der Waals surface area contributed by atoms with Gasteiger partial charge in [0.1, 0.15) is 16.0 Å². The van der Waals surface area contributed by atoms with Crippen LogP contribution in [0.15, 0.2) is 10.7 Å². The van der Waals surface area contributed by atoms with Crippen molar-refractivity contribution in [1.82, 2.24) is 9.78 Å². The number of carbonyl (C=O) groups is 2. The second kappa shape index (κ2) is 6.92. The molecule has 11 heteroatoms. The van der Waals surface area contributed by atoms with Gasteiger partial charge in [-0.05, 0) is 52.1 Å². The first-order valence-corrected chi connectivity index (χ1v) is 9.09. The SMILES string of the molecule is NC(=O)c1c(NC(=O)Cn2cc(Br)c([N+](=O)[O-])n2)sc2c1CCCC2. The number of aryl methyl sites for hydroxylation is 1. The van der Waals surface area contributed by atoms with Crippen molar-refractivity contribution in [2.45, 2.75) is 32.2 Å². The van der Waals surface area contributed by atoms with Crippen molar-refractivity contribution in [2.24, 2.45) is 5.73 Å². The van der Waals surface area contributed by atoms with Crippen molar-refractivity contribution in [3.63, 3.8) is 0 Å². The fraction of sp³-hybridized carbons (Fsp3) is 0.357. The number of anilines is 1. The number of halogens is 1. The highest BCUT2D eigenvalue weighted by Gasteiger charge is 2.26. The number of nitrogens with two attached hydrogens (primary N) is 1. The van der Waals surface area contributed by atoms with Gasteiger partial charge in [-0.25, -0.2) is 0 Å². The quantitative estimate of drug-likeness (QED) is 0.557. The van der Waals surface area contributed by atoms with Gasteiger partial charge in [0.2, 0.25) is 5.91 Å². The van der Waals surface area contributed by atoms with Crippen LogP contribution in [0.2, 0.25) is 0 Å². The average molecular weight is 428 g/mol. The third-order valence-corrected chi connectivity index (χ3v) is 5.61. The minimum Gasteiger partial charge on any atom is -0.365 e. The third kappa shape index (κ3) is 3.56. The molecule has 25 heavy (non-hydrogen) atoms. The van der Waals surface area contributed by atoms with E-state index in [1.54, 1.807) is 0 Å². The van der Waals surface area contributed by atoms with Gasteiger partial charge in [0.25, 0.3) is 5.91 Å².